The second kappa shape index (κ2) is 5.99. The van der Waals surface area contributed by atoms with Crippen LogP contribution in [0.2, 0.25) is 0 Å². The molecule has 118 valence electrons. The fraction of sp³-hybridized carbons (Fsp3) is 0.529. The van der Waals surface area contributed by atoms with E-state index in [1.165, 1.54) is 0 Å². The fourth-order valence-electron chi connectivity index (χ4n) is 2.64. The molecule has 1 saturated carbocycles. The predicted molar refractivity (Wildman–Crippen MR) is 82.8 cm³/mol. The van der Waals surface area contributed by atoms with E-state index in [2.05, 4.69) is 5.32 Å². The van der Waals surface area contributed by atoms with Crippen molar-refractivity contribution in [2.45, 2.75) is 51.3 Å². The van der Waals surface area contributed by atoms with Crippen molar-refractivity contribution >= 4 is 11.8 Å². The average Bonchev–Trinajstić information content (AvgIpc) is 3.23. The molecule has 1 saturated heterocycles. The molecule has 0 unspecified atom stereocenters. The standard InChI is InChI=1S/C17H22N2O3/c1-11(2)19-10-9-15(17(19)21)22-14-7-3-12(4-8-14)16(20)18-13-5-6-13/h3-4,7-8,11,13,15H,5-6,9-10H2,1-2H3,(H,18,20)/t15-/m1/s1. The van der Waals surface area contributed by atoms with Crippen molar-refractivity contribution in [3.63, 3.8) is 0 Å². The Balaban J connectivity index is 1.59. The van der Waals surface area contributed by atoms with Crippen molar-refractivity contribution in [1.82, 2.24) is 10.2 Å². The molecule has 1 aromatic rings. The smallest absolute Gasteiger partial charge is 0.263 e. The number of benzene rings is 1. The summed E-state index contributed by atoms with van der Waals surface area (Å²) in [5.41, 5.74) is 0.626. The van der Waals surface area contributed by atoms with Gasteiger partial charge in [-0.25, -0.2) is 0 Å². The Morgan fingerprint density at radius 2 is 1.91 bits per heavy atom. The maximum atomic E-state index is 12.2. The van der Waals surface area contributed by atoms with Crippen LogP contribution >= 0.6 is 0 Å². The SMILES string of the molecule is CC(C)N1CC[C@@H](Oc2ccc(C(=O)NC3CC3)cc2)C1=O. The molecule has 1 atom stereocenters. The molecule has 0 radical (unpaired) electrons. The van der Waals surface area contributed by atoms with E-state index in [4.69, 9.17) is 4.74 Å². The third kappa shape index (κ3) is 3.24. The second-order valence-electron chi connectivity index (χ2n) is 6.29. The van der Waals surface area contributed by atoms with Crippen molar-refractivity contribution in [1.29, 1.82) is 0 Å². The minimum Gasteiger partial charge on any atom is -0.481 e. The molecule has 22 heavy (non-hydrogen) atoms. The van der Waals surface area contributed by atoms with Crippen LogP contribution in [0.15, 0.2) is 24.3 Å². The lowest BCUT2D eigenvalue weighted by atomic mass is 10.2. The highest BCUT2D eigenvalue weighted by molar-refractivity contribution is 5.94. The fourth-order valence-corrected chi connectivity index (χ4v) is 2.64. The van der Waals surface area contributed by atoms with Gasteiger partial charge < -0.3 is 15.0 Å². The number of ether oxygens (including phenoxy) is 1. The van der Waals surface area contributed by atoms with Crippen LogP contribution in [0.5, 0.6) is 5.75 Å². The van der Waals surface area contributed by atoms with Crippen molar-refractivity contribution in [2.24, 2.45) is 0 Å². The lowest BCUT2D eigenvalue weighted by molar-refractivity contribution is -0.134. The molecule has 1 aliphatic heterocycles. The monoisotopic (exact) mass is 302 g/mol. The van der Waals surface area contributed by atoms with E-state index in [-0.39, 0.29) is 17.9 Å². The summed E-state index contributed by atoms with van der Waals surface area (Å²) in [6.07, 6.45) is 2.45. The van der Waals surface area contributed by atoms with Gasteiger partial charge in [0.2, 0.25) is 0 Å². The van der Waals surface area contributed by atoms with Gasteiger partial charge in [-0.1, -0.05) is 0 Å². The summed E-state index contributed by atoms with van der Waals surface area (Å²) in [7, 11) is 0. The van der Waals surface area contributed by atoms with Crippen molar-refractivity contribution in [3.05, 3.63) is 29.8 Å². The Labute approximate surface area is 130 Å². The number of carbonyl (C=O) groups excluding carboxylic acids is 2. The Morgan fingerprint density at radius 3 is 2.45 bits per heavy atom. The second-order valence-corrected chi connectivity index (χ2v) is 6.29. The molecule has 1 aromatic carbocycles. The molecule has 1 heterocycles. The van der Waals surface area contributed by atoms with Crippen LogP contribution in [0.1, 0.15) is 43.5 Å². The van der Waals surface area contributed by atoms with Gasteiger partial charge >= 0.3 is 0 Å². The van der Waals surface area contributed by atoms with Crippen LogP contribution in [-0.4, -0.2) is 41.4 Å². The topological polar surface area (TPSA) is 58.6 Å². The maximum Gasteiger partial charge on any atom is 0.263 e. The normalized spacial score (nSPS) is 21.3. The minimum absolute atomic E-state index is 0.0445. The first-order valence-electron chi connectivity index (χ1n) is 7.92. The highest BCUT2D eigenvalue weighted by atomic mass is 16.5. The van der Waals surface area contributed by atoms with Gasteiger partial charge in [-0.05, 0) is 51.0 Å². The Morgan fingerprint density at radius 1 is 1.23 bits per heavy atom. The van der Waals surface area contributed by atoms with Gasteiger partial charge in [0.1, 0.15) is 5.75 Å². The van der Waals surface area contributed by atoms with Crippen molar-refractivity contribution in [3.8, 4) is 5.75 Å². The molecule has 1 aliphatic carbocycles. The lowest BCUT2D eigenvalue weighted by Gasteiger charge is -2.21. The van der Waals surface area contributed by atoms with E-state index in [1.807, 2.05) is 18.7 Å². The van der Waals surface area contributed by atoms with E-state index in [1.54, 1.807) is 24.3 Å². The van der Waals surface area contributed by atoms with Gasteiger partial charge in [0.05, 0.1) is 0 Å². The van der Waals surface area contributed by atoms with Crippen LogP contribution in [-0.2, 0) is 4.79 Å². The average molecular weight is 302 g/mol. The van der Waals surface area contributed by atoms with Gasteiger partial charge in [-0.3, -0.25) is 9.59 Å². The number of hydrogen-bond donors (Lipinski definition) is 1. The van der Waals surface area contributed by atoms with Gasteiger partial charge in [-0.15, -0.1) is 0 Å². The number of nitrogens with zero attached hydrogens (tertiary/aromatic N) is 1. The molecular formula is C17H22N2O3. The number of likely N-dealkylation sites (tertiary alicyclic amines) is 1. The molecular weight excluding hydrogens is 280 g/mol. The van der Waals surface area contributed by atoms with E-state index in [0.29, 0.717) is 23.8 Å². The molecule has 0 spiro atoms. The van der Waals surface area contributed by atoms with Crippen molar-refractivity contribution < 1.29 is 14.3 Å². The zero-order valence-corrected chi connectivity index (χ0v) is 13.0. The molecule has 5 heteroatoms. The Kier molecular flexibility index (Phi) is 4.05. The predicted octanol–water partition coefficient (Wildman–Crippen LogP) is 1.97. The van der Waals surface area contributed by atoms with Crippen LogP contribution in [0.25, 0.3) is 0 Å². The molecule has 0 bridgehead atoms. The Bertz CT molecular complexity index is 564. The molecule has 1 N–H and O–H groups in total. The van der Waals surface area contributed by atoms with Crippen LogP contribution < -0.4 is 10.1 Å². The third-order valence-corrected chi connectivity index (χ3v) is 4.12. The maximum absolute atomic E-state index is 12.2. The summed E-state index contributed by atoms with van der Waals surface area (Å²) in [5.74, 6) is 0.634. The molecule has 2 amide bonds. The Hall–Kier alpha value is -2.04. The molecule has 3 rings (SSSR count). The van der Waals surface area contributed by atoms with Gasteiger partial charge in [-0.2, -0.15) is 0 Å². The van der Waals surface area contributed by atoms with E-state index >= 15 is 0 Å². The zero-order chi connectivity index (χ0) is 15.7. The first-order chi connectivity index (χ1) is 10.5. The summed E-state index contributed by atoms with van der Waals surface area (Å²) >= 11 is 0. The third-order valence-electron chi connectivity index (χ3n) is 4.12. The van der Waals surface area contributed by atoms with Crippen molar-refractivity contribution in [2.75, 3.05) is 6.54 Å². The molecule has 2 fully saturated rings. The summed E-state index contributed by atoms with van der Waals surface area (Å²) in [6, 6.07) is 7.55. The number of nitrogens with one attached hydrogen (secondary N) is 1. The number of carbonyl (C=O) groups is 2. The van der Waals surface area contributed by atoms with E-state index in [9.17, 15) is 9.59 Å². The van der Waals surface area contributed by atoms with Gasteiger partial charge in [0, 0.05) is 30.6 Å². The summed E-state index contributed by atoms with van der Waals surface area (Å²) < 4.78 is 5.77. The summed E-state index contributed by atoms with van der Waals surface area (Å²) in [5, 5.41) is 2.95. The number of amides is 2. The molecule has 0 aromatic heterocycles. The molecule has 2 aliphatic rings. The molecule has 5 nitrogen and oxygen atoms in total. The van der Waals surface area contributed by atoms with Crippen LogP contribution in [0.3, 0.4) is 0 Å². The van der Waals surface area contributed by atoms with E-state index in [0.717, 1.165) is 19.4 Å². The van der Waals surface area contributed by atoms with Crippen LogP contribution in [0, 0.1) is 0 Å². The summed E-state index contributed by atoms with van der Waals surface area (Å²) in [6.45, 7) is 4.75. The van der Waals surface area contributed by atoms with Gasteiger partial charge in [0.15, 0.2) is 6.10 Å². The first-order valence-corrected chi connectivity index (χ1v) is 7.92. The van der Waals surface area contributed by atoms with E-state index < -0.39 is 6.10 Å². The quantitative estimate of drug-likeness (QED) is 0.904. The van der Waals surface area contributed by atoms with Crippen LogP contribution in [0.4, 0.5) is 0 Å². The first kappa shape index (κ1) is 14.9. The lowest BCUT2D eigenvalue weighted by Crippen LogP contribution is -2.36. The zero-order valence-electron chi connectivity index (χ0n) is 13.0. The summed E-state index contributed by atoms with van der Waals surface area (Å²) in [4.78, 5) is 25.9. The largest absolute Gasteiger partial charge is 0.481 e. The number of rotatable bonds is 5. The van der Waals surface area contributed by atoms with Gasteiger partial charge in [0.25, 0.3) is 11.8 Å². The highest BCUT2D eigenvalue weighted by Crippen LogP contribution is 2.22. The highest BCUT2D eigenvalue weighted by Gasteiger charge is 2.34. The number of hydrogen-bond acceptors (Lipinski definition) is 3. The minimum atomic E-state index is -0.409.